The molecule has 0 aliphatic rings. The summed E-state index contributed by atoms with van der Waals surface area (Å²) >= 11 is 0. The largest absolute Gasteiger partial charge is 0.337 e. The van der Waals surface area contributed by atoms with Gasteiger partial charge >= 0.3 is 0 Å². The van der Waals surface area contributed by atoms with E-state index in [1.807, 2.05) is 40.2 Å². The SMILES string of the molecule is CC(C)CCn1cnc([C@H](C)N[S@](=O)C(C)(C)C)c1. The van der Waals surface area contributed by atoms with E-state index in [1.165, 1.54) is 0 Å². The minimum Gasteiger partial charge on any atom is -0.337 e. The fraction of sp³-hybridized carbons (Fsp3) is 0.786. The van der Waals surface area contributed by atoms with Crippen molar-refractivity contribution in [3.8, 4) is 0 Å². The molecule has 1 aromatic rings. The number of aromatic nitrogens is 2. The van der Waals surface area contributed by atoms with E-state index >= 15 is 0 Å². The molecule has 0 saturated carbocycles. The highest BCUT2D eigenvalue weighted by Crippen LogP contribution is 2.16. The Bertz CT molecular complexity index is 421. The molecule has 1 N–H and O–H groups in total. The summed E-state index contributed by atoms with van der Waals surface area (Å²) < 4.78 is 17.0. The first-order valence-corrected chi connectivity index (χ1v) is 8.05. The van der Waals surface area contributed by atoms with Gasteiger partial charge in [0.25, 0.3) is 0 Å². The average Bonchev–Trinajstić information content (AvgIpc) is 2.73. The summed E-state index contributed by atoms with van der Waals surface area (Å²) in [5.74, 6) is 0.690. The van der Waals surface area contributed by atoms with Crippen molar-refractivity contribution in [1.82, 2.24) is 14.3 Å². The van der Waals surface area contributed by atoms with Crippen molar-refractivity contribution in [3.05, 3.63) is 18.2 Å². The molecule has 1 rings (SSSR count). The lowest BCUT2D eigenvalue weighted by Crippen LogP contribution is -2.34. The molecule has 19 heavy (non-hydrogen) atoms. The minimum absolute atomic E-state index is 0.000332. The van der Waals surface area contributed by atoms with E-state index in [2.05, 4.69) is 28.1 Å². The number of hydrogen-bond donors (Lipinski definition) is 1. The van der Waals surface area contributed by atoms with Crippen LogP contribution in [0.25, 0.3) is 0 Å². The molecule has 0 amide bonds. The van der Waals surface area contributed by atoms with Crippen LogP contribution in [0.3, 0.4) is 0 Å². The van der Waals surface area contributed by atoms with E-state index in [0.717, 1.165) is 18.7 Å². The van der Waals surface area contributed by atoms with Crippen molar-refractivity contribution in [2.45, 2.75) is 65.3 Å². The molecule has 1 heterocycles. The molecular formula is C14H27N3OS. The Morgan fingerprint density at radius 3 is 2.53 bits per heavy atom. The smallest absolute Gasteiger partial charge is 0.0976 e. The summed E-state index contributed by atoms with van der Waals surface area (Å²) in [4.78, 5) is 4.40. The van der Waals surface area contributed by atoms with Gasteiger partial charge in [-0.2, -0.15) is 0 Å². The van der Waals surface area contributed by atoms with Crippen molar-refractivity contribution < 1.29 is 4.21 Å². The molecule has 2 atom stereocenters. The van der Waals surface area contributed by atoms with Crippen LogP contribution in [0.2, 0.25) is 0 Å². The number of aryl methyl sites for hydroxylation is 1. The number of nitrogens with one attached hydrogen (secondary N) is 1. The molecule has 1 aromatic heterocycles. The molecular weight excluding hydrogens is 258 g/mol. The maximum Gasteiger partial charge on any atom is 0.0976 e. The third-order valence-electron chi connectivity index (χ3n) is 2.90. The Hall–Kier alpha value is -0.680. The van der Waals surface area contributed by atoms with Gasteiger partial charge in [-0.05, 0) is 40.0 Å². The highest BCUT2D eigenvalue weighted by Gasteiger charge is 2.22. The molecule has 0 unspecified atom stereocenters. The zero-order valence-electron chi connectivity index (χ0n) is 12.9. The van der Waals surface area contributed by atoms with Crippen LogP contribution < -0.4 is 4.72 Å². The summed E-state index contributed by atoms with van der Waals surface area (Å²) in [5, 5.41) is 0. The fourth-order valence-electron chi connectivity index (χ4n) is 1.53. The molecule has 0 bridgehead atoms. The van der Waals surface area contributed by atoms with Gasteiger partial charge in [0.15, 0.2) is 0 Å². The monoisotopic (exact) mass is 285 g/mol. The minimum atomic E-state index is -1.07. The van der Waals surface area contributed by atoms with Crippen molar-refractivity contribution in [1.29, 1.82) is 0 Å². The lowest BCUT2D eigenvalue weighted by Gasteiger charge is -2.21. The van der Waals surface area contributed by atoms with Gasteiger partial charge in [-0.25, -0.2) is 13.9 Å². The summed E-state index contributed by atoms with van der Waals surface area (Å²) in [6.45, 7) is 13.3. The first-order chi connectivity index (χ1) is 8.70. The number of rotatable bonds is 6. The number of hydrogen-bond acceptors (Lipinski definition) is 2. The molecule has 0 fully saturated rings. The van der Waals surface area contributed by atoms with Gasteiger partial charge < -0.3 is 4.57 Å². The van der Waals surface area contributed by atoms with Crippen molar-refractivity contribution >= 4 is 11.0 Å². The maximum absolute atomic E-state index is 12.0. The molecule has 0 aliphatic heterocycles. The molecule has 0 radical (unpaired) electrons. The summed E-state index contributed by atoms with van der Waals surface area (Å²) in [5.41, 5.74) is 0.946. The summed E-state index contributed by atoms with van der Waals surface area (Å²) in [6.07, 6.45) is 5.04. The highest BCUT2D eigenvalue weighted by atomic mass is 32.2. The quantitative estimate of drug-likeness (QED) is 0.873. The second-order valence-electron chi connectivity index (χ2n) is 6.44. The molecule has 110 valence electrons. The summed E-state index contributed by atoms with van der Waals surface area (Å²) in [7, 11) is -1.07. The Morgan fingerprint density at radius 1 is 1.37 bits per heavy atom. The van der Waals surface area contributed by atoms with E-state index in [1.54, 1.807) is 0 Å². The number of nitrogens with zero attached hydrogens (tertiary/aromatic N) is 2. The topological polar surface area (TPSA) is 46.9 Å². The van der Waals surface area contributed by atoms with Crippen LogP contribution in [0.15, 0.2) is 12.5 Å². The van der Waals surface area contributed by atoms with Crippen LogP contribution >= 0.6 is 0 Å². The van der Waals surface area contributed by atoms with Gasteiger partial charge in [-0.15, -0.1) is 0 Å². The van der Waals surface area contributed by atoms with Crippen molar-refractivity contribution in [3.63, 3.8) is 0 Å². The van der Waals surface area contributed by atoms with E-state index < -0.39 is 11.0 Å². The average molecular weight is 285 g/mol. The zero-order valence-corrected chi connectivity index (χ0v) is 13.8. The van der Waals surface area contributed by atoms with Gasteiger partial charge in [0.2, 0.25) is 0 Å². The van der Waals surface area contributed by atoms with E-state index in [-0.39, 0.29) is 10.8 Å². The first-order valence-electron chi connectivity index (χ1n) is 6.90. The predicted molar refractivity (Wildman–Crippen MR) is 81.1 cm³/mol. The molecule has 0 aliphatic carbocycles. The van der Waals surface area contributed by atoms with Crippen LogP contribution in [0.5, 0.6) is 0 Å². The maximum atomic E-state index is 12.0. The molecule has 4 nitrogen and oxygen atoms in total. The summed E-state index contributed by atoms with van der Waals surface area (Å²) in [6, 6.07) is 0.000332. The Balaban J connectivity index is 2.58. The standard InChI is InChI=1S/C14H27N3OS/c1-11(2)7-8-17-9-13(15-10-17)12(3)16-19(18)14(4,5)6/h9-12,16H,7-8H2,1-6H3/t12-,19+/m0/s1. The molecule has 0 saturated heterocycles. The van der Waals surface area contributed by atoms with Crippen LogP contribution in [0.4, 0.5) is 0 Å². The van der Waals surface area contributed by atoms with E-state index in [9.17, 15) is 4.21 Å². The third kappa shape index (κ3) is 5.45. The second-order valence-corrected chi connectivity index (χ2v) is 8.44. The Labute approximate surface area is 119 Å². The number of imidazole rings is 1. The first kappa shape index (κ1) is 16.4. The van der Waals surface area contributed by atoms with Crippen LogP contribution in [-0.4, -0.2) is 18.5 Å². The fourth-order valence-corrected chi connectivity index (χ4v) is 2.32. The Kier molecular flexibility index (Phi) is 5.74. The lowest BCUT2D eigenvalue weighted by molar-refractivity contribution is 0.515. The van der Waals surface area contributed by atoms with Crippen LogP contribution in [0.1, 0.15) is 59.7 Å². The molecule has 5 heteroatoms. The van der Waals surface area contributed by atoms with Crippen molar-refractivity contribution in [2.24, 2.45) is 5.92 Å². The van der Waals surface area contributed by atoms with Gasteiger partial charge in [0.1, 0.15) is 0 Å². The third-order valence-corrected chi connectivity index (χ3v) is 4.58. The van der Waals surface area contributed by atoms with Crippen LogP contribution in [0, 0.1) is 5.92 Å². The van der Waals surface area contributed by atoms with Crippen LogP contribution in [-0.2, 0) is 17.5 Å². The predicted octanol–water partition coefficient (Wildman–Crippen LogP) is 3.04. The van der Waals surface area contributed by atoms with Gasteiger partial charge in [0.05, 0.1) is 33.8 Å². The van der Waals surface area contributed by atoms with Crippen molar-refractivity contribution in [2.75, 3.05) is 0 Å². The van der Waals surface area contributed by atoms with Gasteiger partial charge in [-0.1, -0.05) is 13.8 Å². The zero-order chi connectivity index (χ0) is 14.6. The van der Waals surface area contributed by atoms with Gasteiger partial charge in [0, 0.05) is 12.7 Å². The van der Waals surface area contributed by atoms with Gasteiger partial charge in [-0.3, -0.25) is 0 Å². The Morgan fingerprint density at radius 2 is 2.00 bits per heavy atom. The second kappa shape index (κ2) is 6.66. The molecule has 0 spiro atoms. The molecule has 0 aromatic carbocycles. The van der Waals surface area contributed by atoms with E-state index in [4.69, 9.17) is 0 Å². The highest BCUT2D eigenvalue weighted by molar-refractivity contribution is 7.84. The van der Waals surface area contributed by atoms with E-state index in [0.29, 0.717) is 5.92 Å². The lowest BCUT2D eigenvalue weighted by atomic mass is 10.1. The normalized spacial score (nSPS) is 15.7.